The van der Waals surface area contributed by atoms with Gasteiger partial charge in [-0.25, -0.2) is 0 Å². The number of ether oxygens (including phenoxy) is 2. The number of nitro groups is 1. The number of hydrogen-bond acceptors (Lipinski definition) is 5. The summed E-state index contributed by atoms with van der Waals surface area (Å²) >= 11 is 0. The summed E-state index contributed by atoms with van der Waals surface area (Å²) in [4.78, 5) is 21.9. The molecule has 0 aliphatic heterocycles. The maximum atomic E-state index is 11.3. The van der Waals surface area contributed by atoms with Crippen molar-refractivity contribution < 1.29 is 24.3 Å². The molecule has 0 bridgehead atoms. The molecule has 0 fully saturated rings. The van der Waals surface area contributed by atoms with Crippen molar-refractivity contribution in [1.29, 1.82) is 0 Å². The van der Waals surface area contributed by atoms with E-state index < -0.39 is 10.9 Å². The summed E-state index contributed by atoms with van der Waals surface area (Å²) in [5, 5.41) is 20.4. The maximum absolute atomic E-state index is 11.3. The highest BCUT2D eigenvalue weighted by Crippen LogP contribution is 2.36. The molecule has 0 saturated heterocycles. The molecule has 7 heteroatoms. The van der Waals surface area contributed by atoms with Crippen LogP contribution in [0, 0.1) is 10.1 Å². The van der Waals surface area contributed by atoms with Gasteiger partial charge < -0.3 is 14.6 Å². The van der Waals surface area contributed by atoms with E-state index in [-0.39, 0.29) is 12.1 Å². The molecular formula is C16H15NO6. The molecule has 2 aromatic carbocycles. The van der Waals surface area contributed by atoms with E-state index in [1.807, 2.05) is 0 Å². The third-order valence-electron chi connectivity index (χ3n) is 3.35. The number of methoxy groups -OCH3 is 2. The first-order valence-electron chi connectivity index (χ1n) is 6.67. The van der Waals surface area contributed by atoms with Crippen molar-refractivity contribution in [3.05, 3.63) is 52.1 Å². The second kappa shape index (κ2) is 6.78. The van der Waals surface area contributed by atoms with Crippen LogP contribution in [-0.4, -0.2) is 30.2 Å². The van der Waals surface area contributed by atoms with Crippen molar-refractivity contribution in [2.45, 2.75) is 6.42 Å². The Morgan fingerprint density at radius 2 is 1.65 bits per heavy atom. The van der Waals surface area contributed by atoms with Crippen molar-refractivity contribution in [1.82, 2.24) is 0 Å². The Morgan fingerprint density at radius 3 is 2.17 bits per heavy atom. The van der Waals surface area contributed by atoms with Crippen LogP contribution in [0.4, 0.5) is 5.69 Å². The molecule has 0 spiro atoms. The normalized spacial score (nSPS) is 10.2. The third kappa shape index (κ3) is 3.57. The number of hydrogen-bond donors (Lipinski definition) is 1. The molecule has 0 saturated carbocycles. The van der Waals surface area contributed by atoms with Crippen molar-refractivity contribution in [2.75, 3.05) is 14.2 Å². The first-order chi connectivity index (χ1) is 11.0. The van der Waals surface area contributed by atoms with E-state index in [4.69, 9.17) is 14.6 Å². The summed E-state index contributed by atoms with van der Waals surface area (Å²) in [6, 6.07) is 9.27. The zero-order valence-corrected chi connectivity index (χ0v) is 12.6. The molecule has 0 radical (unpaired) electrons. The minimum atomic E-state index is -1.03. The monoisotopic (exact) mass is 317 g/mol. The van der Waals surface area contributed by atoms with Gasteiger partial charge in [0.05, 0.1) is 37.2 Å². The fourth-order valence-corrected chi connectivity index (χ4v) is 2.29. The summed E-state index contributed by atoms with van der Waals surface area (Å²) in [7, 11) is 2.89. The minimum absolute atomic E-state index is 0.152. The molecule has 2 aromatic rings. The Labute approximate surface area is 132 Å². The minimum Gasteiger partial charge on any atom is -0.497 e. The van der Waals surface area contributed by atoms with Gasteiger partial charge in [0, 0.05) is 0 Å². The summed E-state index contributed by atoms with van der Waals surface area (Å²) in [6.07, 6.45) is -0.268. The highest BCUT2D eigenvalue weighted by Gasteiger charge is 2.20. The van der Waals surface area contributed by atoms with Crippen molar-refractivity contribution in [2.24, 2.45) is 0 Å². The summed E-state index contributed by atoms with van der Waals surface area (Å²) in [6.45, 7) is 0. The third-order valence-corrected chi connectivity index (χ3v) is 3.35. The molecule has 0 aromatic heterocycles. The van der Waals surface area contributed by atoms with Crippen LogP contribution in [0.5, 0.6) is 11.5 Å². The molecule has 0 amide bonds. The second-order valence-corrected chi connectivity index (χ2v) is 4.73. The molecule has 23 heavy (non-hydrogen) atoms. The molecule has 0 heterocycles. The van der Waals surface area contributed by atoms with E-state index in [1.54, 1.807) is 30.3 Å². The Balaban J connectivity index is 2.65. The number of nitro benzene ring substituents is 1. The first kappa shape index (κ1) is 16.3. The van der Waals surface area contributed by atoms with E-state index in [1.165, 1.54) is 20.3 Å². The van der Waals surface area contributed by atoms with Crippen LogP contribution in [0.2, 0.25) is 0 Å². The van der Waals surface area contributed by atoms with Crippen molar-refractivity contribution in [3.63, 3.8) is 0 Å². The van der Waals surface area contributed by atoms with Crippen molar-refractivity contribution in [3.8, 4) is 22.6 Å². The first-order valence-corrected chi connectivity index (χ1v) is 6.67. The molecule has 120 valence electrons. The highest BCUT2D eigenvalue weighted by atomic mass is 16.6. The van der Waals surface area contributed by atoms with Crippen molar-refractivity contribution >= 4 is 11.7 Å². The fourth-order valence-electron chi connectivity index (χ4n) is 2.29. The standard InChI is InChI=1S/C16H15NO6/c1-22-11-3-5-13(10(7-11)8-16(18)19)14-6-4-12(23-2)9-15(14)17(20)21/h3-7,9H,8H2,1-2H3,(H,18,19). The molecule has 7 nitrogen and oxygen atoms in total. The lowest BCUT2D eigenvalue weighted by Gasteiger charge is -2.11. The average Bonchev–Trinajstić information content (AvgIpc) is 2.53. The maximum Gasteiger partial charge on any atom is 0.307 e. The number of benzene rings is 2. The summed E-state index contributed by atoms with van der Waals surface area (Å²) in [5.74, 6) is -0.189. The largest absolute Gasteiger partial charge is 0.497 e. The average molecular weight is 317 g/mol. The zero-order chi connectivity index (χ0) is 17.0. The number of carboxylic acids is 1. The molecule has 1 N–H and O–H groups in total. The van der Waals surface area contributed by atoms with Crippen LogP contribution in [0.3, 0.4) is 0 Å². The molecule has 0 aliphatic rings. The van der Waals surface area contributed by atoms with Crippen LogP contribution >= 0.6 is 0 Å². The topological polar surface area (TPSA) is 98.9 Å². The SMILES string of the molecule is COc1ccc(-c2ccc(OC)cc2[N+](=O)[O-])c(CC(=O)O)c1. The van der Waals surface area contributed by atoms with E-state index in [0.29, 0.717) is 28.2 Å². The van der Waals surface area contributed by atoms with Gasteiger partial charge in [-0.15, -0.1) is 0 Å². The van der Waals surface area contributed by atoms with Gasteiger partial charge in [0.2, 0.25) is 0 Å². The number of nitrogens with zero attached hydrogens (tertiary/aromatic N) is 1. The van der Waals surface area contributed by atoms with Gasteiger partial charge in [-0.3, -0.25) is 14.9 Å². The van der Waals surface area contributed by atoms with Gasteiger partial charge in [-0.2, -0.15) is 0 Å². The highest BCUT2D eigenvalue weighted by molar-refractivity contribution is 5.81. The molecular weight excluding hydrogens is 302 g/mol. The summed E-state index contributed by atoms with van der Waals surface area (Å²) in [5.41, 5.74) is 1.09. The molecule has 0 aliphatic carbocycles. The summed E-state index contributed by atoms with van der Waals surface area (Å²) < 4.78 is 10.1. The zero-order valence-electron chi connectivity index (χ0n) is 12.6. The van der Waals surface area contributed by atoms with E-state index in [9.17, 15) is 14.9 Å². The van der Waals surface area contributed by atoms with Gasteiger partial charge >= 0.3 is 5.97 Å². The Morgan fingerprint density at radius 1 is 1.09 bits per heavy atom. The van der Waals surface area contributed by atoms with Crippen LogP contribution in [-0.2, 0) is 11.2 Å². The van der Waals surface area contributed by atoms with Gasteiger partial charge in [0.15, 0.2) is 0 Å². The predicted molar refractivity (Wildman–Crippen MR) is 83.0 cm³/mol. The molecule has 0 atom stereocenters. The fraction of sp³-hybridized carbons (Fsp3) is 0.188. The van der Waals surface area contributed by atoms with Crippen LogP contribution in [0.1, 0.15) is 5.56 Å². The Hall–Kier alpha value is -3.09. The van der Waals surface area contributed by atoms with E-state index >= 15 is 0 Å². The smallest absolute Gasteiger partial charge is 0.307 e. The van der Waals surface area contributed by atoms with Crippen LogP contribution in [0.25, 0.3) is 11.1 Å². The number of aliphatic carboxylic acids is 1. The van der Waals surface area contributed by atoms with E-state index in [0.717, 1.165) is 0 Å². The van der Waals surface area contributed by atoms with E-state index in [2.05, 4.69) is 0 Å². The lowest BCUT2D eigenvalue weighted by Crippen LogP contribution is -2.03. The quantitative estimate of drug-likeness (QED) is 0.649. The predicted octanol–water partition coefficient (Wildman–Crippen LogP) is 2.91. The number of carboxylic acid groups (broad SMARTS) is 1. The second-order valence-electron chi connectivity index (χ2n) is 4.73. The van der Waals surface area contributed by atoms with Gasteiger partial charge in [-0.1, -0.05) is 6.07 Å². The van der Waals surface area contributed by atoms with Gasteiger partial charge in [-0.05, 0) is 35.4 Å². The number of carbonyl (C=O) groups is 1. The van der Waals surface area contributed by atoms with Gasteiger partial charge in [0.25, 0.3) is 5.69 Å². The van der Waals surface area contributed by atoms with Crippen LogP contribution < -0.4 is 9.47 Å². The lowest BCUT2D eigenvalue weighted by atomic mass is 9.96. The van der Waals surface area contributed by atoms with Crippen LogP contribution in [0.15, 0.2) is 36.4 Å². The Bertz CT molecular complexity index is 756. The lowest BCUT2D eigenvalue weighted by molar-refractivity contribution is -0.384. The Kier molecular flexibility index (Phi) is 4.80. The van der Waals surface area contributed by atoms with Gasteiger partial charge in [0.1, 0.15) is 11.5 Å². The molecule has 0 unspecified atom stereocenters. The molecule has 2 rings (SSSR count). The number of rotatable bonds is 6.